The van der Waals surface area contributed by atoms with Gasteiger partial charge >= 0.3 is 17.9 Å². The summed E-state index contributed by atoms with van der Waals surface area (Å²) in [4.78, 5) is 53.8. The van der Waals surface area contributed by atoms with Crippen LogP contribution in [0.2, 0.25) is 0 Å². The quantitative estimate of drug-likeness (QED) is 0.207. The normalized spacial score (nSPS) is 42.5. The Morgan fingerprint density at radius 2 is 1.90 bits per heavy atom. The second-order valence-electron chi connectivity index (χ2n) is 13.8. The minimum Gasteiger partial charge on any atom is -0.472 e. The number of carbonyl (C=O) groups excluding carboxylic acids is 4. The van der Waals surface area contributed by atoms with Crippen molar-refractivity contribution in [3.8, 4) is 0 Å². The molecule has 3 aliphatic carbocycles. The highest BCUT2D eigenvalue weighted by atomic mass is 16.6. The number of hydrogen-bond donors (Lipinski definition) is 0. The molecule has 1 spiro atoms. The number of allylic oxidation sites excluding steroid dienone is 1. The van der Waals surface area contributed by atoms with Crippen molar-refractivity contribution in [1.29, 1.82) is 0 Å². The van der Waals surface area contributed by atoms with Crippen LogP contribution in [0.3, 0.4) is 0 Å². The van der Waals surface area contributed by atoms with Crippen molar-refractivity contribution in [2.75, 3.05) is 7.11 Å². The first-order chi connectivity index (χ1) is 19.3. The van der Waals surface area contributed by atoms with Crippen LogP contribution < -0.4 is 0 Å². The Hall–Kier alpha value is -2.94. The second kappa shape index (κ2) is 9.03. The van der Waals surface area contributed by atoms with Gasteiger partial charge < -0.3 is 23.4 Å². The van der Waals surface area contributed by atoms with Crippen LogP contribution in [0.25, 0.3) is 0 Å². The summed E-state index contributed by atoms with van der Waals surface area (Å²) in [5.41, 5.74) is -1.66. The van der Waals surface area contributed by atoms with Crippen LogP contribution in [-0.4, -0.2) is 48.6 Å². The first-order valence-electron chi connectivity index (χ1n) is 14.7. The molecular formula is C32H40O9. The molecule has 6 rings (SSSR count). The van der Waals surface area contributed by atoms with Crippen LogP contribution >= 0.6 is 0 Å². The van der Waals surface area contributed by atoms with Gasteiger partial charge in [0.15, 0.2) is 5.78 Å². The van der Waals surface area contributed by atoms with Gasteiger partial charge in [0, 0.05) is 22.3 Å². The third-order valence-electron chi connectivity index (χ3n) is 11.4. The molecule has 0 N–H and O–H groups in total. The van der Waals surface area contributed by atoms with Crippen molar-refractivity contribution in [1.82, 2.24) is 0 Å². The maximum atomic E-state index is 14.6. The molecule has 2 aliphatic heterocycles. The summed E-state index contributed by atoms with van der Waals surface area (Å²) in [6.07, 6.45) is 4.64. The average Bonchev–Trinajstić information content (AvgIpc) is 3.39. The monoisotopic (exact) mass is 568 g/mol. The Bertz CT molecular complexity index is 1330. The molecule has 2 saturated heterocycles. The van der Waals surface area contributed by atoms with Gasteiger partial charge in [0.05, 0.1) is 49.7 Å². The van der Waals surface area contributed by atoms with E-state index >= 15 is 0 Å². The first-order valence-corrected chi connectivity index (χ1v) is 14.7. The predicted molar refractivity (Wildman–Crippen MR) is 144 cm³/mol. The second-order valence-corrected chi connectivity index (χ2v) is 13.8. The van der Waals surface area contributed by atoms with E-state index in [0.29, 0.717) is 12.8 Å². The number of epoxide rings is 1. The number of hydrogen-bond acceptors (Lipinski definition) is 9. The predicted octanol–water partition coefficient (Wildman–Crippen LogP) is 4.74. The lowest BCUT2D eigenvalue weighted by atomic mass is 9.40. The molecule has 9 nitrogen and oxygen atoms in total. The lowest BCUT2D eigenvalue weighted by Gasteiger charge is -2.62. The highest BCUT2D eigenvalue weighted by molar-refractivity contribution is 5.97. The number of rotatable bonds is 6. The maximum absolute atomic E-state index is 14.6. The van der Waals surface area contributed by atoms with Crippen LogP contribution in [-0.2, 0) is 38.1 Å². The van der Waals surface area contributed by atoms with Gasteiger partial charge in [-0.2, -0.15) is 0 Å². The Morgan fingerprint density at radius 3 is 2.54 bits per heavy atom. The van der Waals surface area contributed by atoms with Crippen LogP contribution in [0.5, 0.6) is 0 Å². The summed E-state index contributed by atoms with van der Waals surface area (Å²) in [5, 5.41) is 0. The van der Waals surface area contributed by atoms with Crippen LogP contribution in [0.15, 0.2) is 34.7 Å². The van der Waals surface area contributed by atoms with Gasteiger partial charge in [0.25, 0.3) is 0 Å². The molecule has 2 bridgehead atoms. The largest absolute Gasteiger partial charge is 0.472 e. The average molecular weight is 569 g/mol. The zero-order valence-corrected chi connectivity index (χ0v) is 24.9. The van der Waals surface area contributed by atoms with Gasteiger partial charge in [-0.05, 0) is 37.3 Å². The Balaban J connectivity index is 1.52. The molecule has 4 fully saturated rings. The number of esters is 3. The summed E-state index contributed by atoms with van der Waals surface area (Å²) in [6, 6.07) is 1.81. The van der Waals surface area contributed by atoms with Crippen molar-refractivity contribution in [3.05, 3.63) is 35.8 Å². The van der Waals surface area contributed by atoms with E-state index in [9.17, 15) is 19.2 Å². The lowest BCUT2D eigenvalue weighted by molar-refractivity contribution is -0.195. The SMILES string of the molecule is CCC(C)C(=O)O[C@@H]1[C@H]2C(=O)[C@](C)(C3=CC[C@]4(C)[C@@H](CC(=O)O[C@H]4c4ccoc4)[C@]34O[C@H]24)[C@@H](CC(=O)OC)C1(C)C. The number of carbonyl (C=O) groups is 4. The molecule has 9 heteroatoms. The summed E-state index contributed by atoms with van der Waals surface area (Å²) in [7, 11) is 1.34. The number of ketones is 1. The van der Waals surface area contributed by atoms with Crippen molar-refractivity contribution in [3.63, 3.8) is 0 Å². The van der Waals surface area contributed by atoms with Crippen molar-refractivity contribution in [2.24, 2.45) is 39.9 Å². The van der Waals surface area contributed by atoms with E-state index in [1.807, 2.05) is 40.7 Å². The van der Waals surface area contributed by atoms with Gasteiger partial charge in [0.1, 0.15) is 23.9 Å². The fourth-order valence-corrected chi connectivity index (χ4v) is 8.99. The molecule has 5 aliphatic rings. The van der Waals surface area contributed by atoms with Gasteiger partial charge in [-0.25, -0.2) is 0 Å². The highest BCUT2D eigenvalue weighted by Crippen LogP contribution is 2.76. The lowest BCUT2D eigenvalue weighted by Crippen LogP contribution is -2.69. The number of methoxy groups -OCH3 is 1. The Labute approximate surface area is 240 Å². The molecule has 2 saturated carbocycles. The van der Waals surface area contributed by atoms with Gasteiger partial charge in [-0.15, -0.1) is 0 Å². The molecular weight excluding hydrogens is 528 g/mol. The third kappa shape index (κ3) is 3.56. The zero-order valence-electron chi connectivity index (χ0n) is 24.9. The molecule has 1 unspecified atom stereocenters. The highest BCUT2D eigenvalue weighted by Gasteiger charge is 2.84. The van der Waals surface area contributed by atoms with Crippen molar-refractivity contribution in [2.45, 2.75) is 91.1 Å². The third-order valence-corrected chi connectivity index (χ3v) is 11.4. The summed E-state index contributed by atoms with van der Waals surface area (Å²) < 4.78 is 29.3. The molecule has 10 atom stereocenters. The van der Waals surface area contributed by atoms with E-state index in [2.05, 4.69) is 13.0 Å². The molecule has 3 heterocycles. The summed E-state index contributed by atoms with van der Waals surface area (Å²) in [6.45, 7) is 11.7. The van der Waals surface area contributed by atoms with Crippen LogP contribution in [0.4, 0.5) is 0 Å². The molecule has 41 heavy (non-hydrogen) atoms. The molecule has 222 valence electrons. The van der Waals surface area contributed by atoms with E-state index in [1.165, 1.54) is 7.11 Å². The Morgan fingerprint density at radius 1 is 1.17 bits per heavy atom. The molecule has 1 aromatic heterocycles. The van der Waals surface area contributed by atoms with Gasteiger partial charge in [-0.3, -0.25) is 19.2 Å². The zero-order chi connectivity index (χ0) is 29.7. The molecule has 1 aromatic rings. The standard InChI is InChI=1S/C32H40O9/c1-8-16(2)28(36)40-26-23-24(35)31(6,19(29(26,3)4)13-21(33)37-7)18-9-11-30(5)20(32(18)27(23)41-32)14-22(34)39-25(30)17-10-12-38-15-17/h9-10,12,15-16,19-20,23,25-27H,8,11,13-14H2,1-7H3/t16?,19-,20+,23+,25-,26+,27+,30+,31+,32+/m0/s1. The van der Waals surface area contributed by atoms with Gasteiger partial charge in [-0.1, -0.05) is 40.7 Å². The number of ether oxygens (including phenoxy) is 4. The minimum absolute atomic E-state index is 0.0183. The van der Waals surface area contributed by atoms with Crippen molar-refractivity contribution >= 4 is 23.7 Å². The number of Topliss-reactive ketones (excluding diaryl/α,β-unsaturated/α-hetero) is 1. The number of furan rings is 1. The van der Waals surface area contributed by atoms with E-state index in [0.717, 1.165) is 11.1 Å². The Kier molecular flexibility index (Phi) is 6.21. The van der Waals surface area contributed by atoms with E-state index in [4.69, 9.17) is 23.4 Å². The summed E-state index contributed by atoms with van der Waals surface area (Å²) in [5.74, 6) is -3.11. The summed E-state index contributed by atoms with van der Waals surface area (Å²) >= 11 is 0. The molecule has 0 aromatic carbocycles. The smallest absolute Gasteiger partial charge is 0.308 e. The van der Waals surface area contributed by atoms with Crippen LogP contribution in [0, 0.1) is 39.9 Å². The van der Waals surface area contributed by atoms with E-state index < -0.39 is 58.0 Å². The number of cyclic esters (lactones) is 1. The first kappa shape index (κ1) is 28.2. The van der Waals surface area contributed by atoms with Crippen LogP contribution in [0.1, 0.15) is 78.9 Å². The van der Waals surface area contributed by atoms with Gasteiger partial charge in [0.2, 0.25) is 0 Å². The molecule has 0 amide bonds. The fraction of sp³-hybridized carbons (Fsp3) is 0.688. The van der Waals surface area contributed by atoms with E-state index in [1.54, 1.807) is 12.5 Å². The maximum Gasteiger partial charge on any atom is 0.308 e. The number of fused-ring (bicyclic) bond motifs is 5. The van der Waals surface area contributed by atoms with E-state index in [-0.39, 0.29) is 42.4 Å². The molecule has 0 radical (unpaired) electrons. The van der Waals surface area contributed by atoms with Crippen molar-refractivity contribution < 1.29 is 42.5 Å². The minimum atomic E-state index is -1.08. The fourth-order valence-electron chi connectivity index (χ4n) is 8.99. The topological polar surface area (TPSA) is 122 Å².